The lowest BCUT2D eigenvalue weighted by molar-refractivity contribution is -0.384. The van der Waals surface area contributed by atoms with Crippen LogP contribution in [-0.2, 0) is 4.79 Å². The summed E-state index contributed by atoms with van der Waals surface area (Å²) < 4.78 is -1.14. The Morgan fingerprint density at radius 2 is 1.61 bits per heavy atom. The minimum atomic E-state index is -1.14. The van der Waals surface area contributed by atoms with Crippen LogP contribution < -0.4 is 9.91 Å². The first-order valence-corrected chi connectivity index (χ1v) is 14.8. The Morgan fingerprint density at radius 3 is 2.27 bits per heavy atom. The molecule has 204 valence electrons. The van der Waals surface area contributed by atoms with Crippen LogP contribution in [0.2, 0.25) is 10.0 Å². The third-order valence-electron chi connectivity index (χ3n) is 6.48. The molecule has 0 radical (unpaired) electrons. The zero-order valence-corrected chi connectivity index (χ0v) is 24.5. The number of carbonyl (C=O) groups excluding carboxylic acids is 1. The van der Waals surface area contributed by atoms with E-state index in [0.29, 0.717) is 36.9 Å². The Kier molecular flexibility index (Phi) is 7.29. The number of amides is 1. The first kappa shape index (κ1) is 27.4. The number of halogens is 2. The summed E-state index contributed by atoms with van der Waals surface area (Å²) in [6.07, 6.45) is 1.87. The van der Waals surface area contributed by atoms with Crippen molar-refractivity contribution in [2.75, 3.05) is 9.91 Å². The molecule has 0 saturated carbocycles. The van der Waals surface area contributed by atoms with Gasteiger partial charge in [0.25, 0.3) is 11.6 Å². The summed E-state index contributed by atoms with van der Waals surface area (Å²) in [5.41, 5.74) is 3.87. The number of para-hydroxylation sites is 1. The molecule has 1 fully saturated rings. The topological polar surface area (TPSA) is 79.0 Å². The van der Waals surface area contributed by atoms with Crippen molar-refractivity contribution >= 4 is 80.8 Å². The van der Waals surface area contributed by atoms with Crippen molar-refractivity contribution in [2.45, 2.75) is 11.3 Å². The molecule has 6 rings (SSSR count). The molecule has 11 heteroatoms. The van der Waals surface area contributed by atoms with Crippen LogP contribution in [0.5, 0.6) is 0 Å². The molecule has 2 heterocycles. The average Bonchev–Trinajstić information content (AvgIpc) is 3.46. The van der Waals surface area contributed by atoms with E-state index in [1.165, 1.54) is 35.7 Å². The van der Waals surface area contributed by atoms with Crippen molar-refractivity contribution < 1.29 is 9.72 Å². The number of nitro benzene ring substituents is 1. The quantitative estimate of drug-likeness (QED) is 0.127. The van der Waals surface area contributed by atoms with Crippen LogP contribution >= 0.6 is 46.7 Å². The van der Waals surface area contributed by atoms with Crippen LogP contribution in [0.15, 0.2) is 107 Å². The molecule has 2 aliphatic rings. The fourth-order valence-electron chi connectivity index (χ4n) is 4.49. The highest BCUT2D eigenvalue weighted by molar-refractivity contribution is 8.28. The van der Waals surface area contributed by atoms with Crippen molar-refractivity contribution in [1.29, 1.82) is 0 Å². The van der Waals surface area contributed by atoms with E-state index in [1.807, 2.05) is 67.6 Å². The van der Waals surface area contributed by atoms with Gasteiger partial charge in [-0.3, -0.25) is 19.8 Å². The van der Waals surface area contributed by atoms with Crippen molar-refractivity contribution in [3.8, 4) is 0 Å². The van der Waals surface area contributed by atoms with Gasteiger partial charge in [0, 0.05) is 28.4 Å². The van der Waals surface area contributed by atoms with E-state index in [-0.39, 0.29) is 11.6 Å². The number of nitrogens with zero attached hydrogens (tertiary/aromatic N) is 4. The Morgan fingerprint density at radius 1 is 0.902 bits per heavy atom. The molecule has 1 amide bonds. The van der Waals surface area contributed by atoms with Gasteiger partial charge in [-0.1, -0.05) is 83.0 Å². The summed E-state index contributed by atoms with van der Waals surface area (Å²) in [6, 6.07) is 28.6. The number of hydrogen-bond acceptors (Lipinski definition) is 7. The SMILES string of the molecule is Cc1ccc(/C=C2/S[C@]3(SC(c4ccc(Cl)cc4Cl)=NN3c3ccc([N+](=O)[O-])cc3)N(c3ccccc3)C2=O)cc1. The number of nitro groups is 1. The van der Waals surface area contributed by atoms with Gasteiger partial charge in [0.15, 0.2) is 0 Å². The molecule has 4 aromatic carbocycles. The van der Waals surface area contributed by atoms with Crippen molar-refractivity contribution in [2.24, 2.45) is 5.10 Å². The van der Waals surface area contributed by atoms with E-state index in [4.69, 9.17) is 28.3 Å². The smallest absolute Gasteiger partial charge is 0.268 e. The van der Waals surface area contributed by atoms with Crippen LogP contribution in [-0.4, -0.2) is 20.2 Å². The number of hydrogen-bond donors (Lipinski definition) is 0. The predicted octanol–water partition coefficient (Wildman–Crippen LogP) is 8.56. The highest BCUT2D eigenvalue weighted by atomic mass is 35.5. The summed E-state index contributed by atoms with van der Waals surface area (Å²) >= 11 is 15.5. The van der Waals surface area contributed by atoms with E-state index >= 15 is 0 Å². The summed E-state index contributed by atoms with van der Waals surface area (Å²) in [7, 11) is 0. The van der Waals surface area contributed by atoms with Crippen LogP contribution in [0, 0.1) is 17.0 Å². The number of thioether (sulfide) groups is 2. The standard InChI is InChI=1S/C30H20Cl2N4O3S2/c1-19-7-9-20(10-8-19)17-27-29(37)34(22-5-3-2-4-6-22)30(40-27)35(23-12-14-24(15-13-23)36(38)39)33-28(41-30)25-16-11-21(31)18-26(25)32/h2-18H,1H3/b27-17+/t30-/m0/s1. The number of aryl methyl sites for hydroxylation is 1. The molecule has 1 spiro atoms. The van der Waals surface area contributed by atoms with Crippen molar-refractivity contribution in [1.82, 2.24) is 0 Å². The molecule has 4 aromatic rings. The second-order valence-corrected chi connectivity index (χ2v) is 12.7. The predicted molar refractivity (Wildman–Crippen MR) is 170 cm³/mol. The van der Waals surface area contributed by atoms with E-state index in [9.17, 15) is 14.9 Å². The first-order valence-electron chi connectivity index (χ1n) is 12.4. The average molecular weight is 620 g/mol. The number of hydrazone groups is 1. The minimum absolute atomic E-state index is 0.0466. The van der Waals surface area contributed by atoms with Gasteiger partial charge in [0.05, 0.1) is 20.5 Å². The fraction of sp³-hybridized carbons (Fsp3) is 0.0667. The Labute approximate surface area is 254 Å². The first-order chi connectivity index (χ1) is 19.7. The van der Waals surface area contributed by atoms with Gasteiger partial charge in [0.2, 0.25) is 4.33 Å². The lowest BCUT2D eigenvalue weighted by Gasteiger charge is -2.38. The van der Waals surface area contributed by atoms with Crippen LogP contribution in [0.1, 0.15) is 16.7 Å². The third-order valence-corrected chi connectivity index (χ3v) is 9.78. The van der Waals surface area contributed by atoms with Gasteiger partial charge in [0.1, 0.15) is 5.04 Å². The second-order valence-electron chi connectivity index (χ2n) is 9.26. The van der Waals surface area contributed by atoms with Crippen LogP contribution in [0.4, 0.5) is 17.1 Å². The zero-order chi connectivity index (χ0) is 28.7. The van der Waals surface area contributed by atoms with Gasteiger partial charge >= 0.3 is 0 Å². The lowest BCUT2D eigenvalue weighted by Crippen LogP contribution is -2.51. The molecule has 1 atom stereocenters. The normalized spacial score (nSPS) is 19.3. The molecule has 0 bridgehead atoms. The van der Waals surface area contributed by atoms with Gasteiger partial charge in [-0.05, 0) is 72.8 Å². The zero-order valence-electron chi connectivity index (χ0n) is 21.4. The van der Waals surface area contributed by atoms with E-state index in [2.05, 4.69) is 0 Å². The lowest BCUT2D eigenvalue weighted by atomic mass is 10.1. The molecule has 0 unspecified atom stereocenters. The molecule has 41 heavy (non-hydrogen) atoms. The Hall–Kier alpha value is -3.76. The highest BCUT2D eigenvalue weighted by Gasteiger charge is 2.59. The highest BCUT2D eigenvalue weighted by Crippen LogP contribution is 2.60. The largest absolute Gasteiger partial charge is 0.269 e. The van der Waals surface area contributed by atoms with E-state index in [1.54, 1.807) is 40.2 Å². The monoisotopic (exact) mass is 618 g/mol. The molecular weight excluding hydrogens is 599 g/mol. The fourth-order valence-corrected chi connectivity index (χ4v) is 8.06. The minimum Gasteiger partial charge on any atom is -0.268 e. The number of rotatable bonds is 5. The van der Waals surface area contributed by atoms with Gasteiger partial charge < -0.3 is 0 Å². The number of anilines is 2. The Balaban J connectivity index is 1.54. The van der Waals surface area contributed by atoms with Crippen molar-refractivity contribution in [3.63, 3.8) is 0 Å². The summed E-state index contributed by atoms with van der Waals surface area (Å²) in [5, 5.41) is 19.5. The maximum atomic E-state index is 14.2. The van der Waals surface area contributed by atoms with Gasteiger partial charge in [-0.15, -0.1) is 0 Å². The number of carbonyl (C=O) groups is 1. The number of non-ortho nitro benzene ring substituents is 1. The second kappa shape index (κ2) is 10.9. The van der Waals surface area contributed by atoms with Crippen LogP contribution in [0.25, 0.3) is 6.08 Å². The molecule has 0 aromatic heterocycles. The summed E-state index contributed by atoms with van der Waals surface area (Å²) in [6.45, 7) is 2.01. The maximum absolute atomic E-state index is 14.2. The molecule has 1 saturated heterocycles. The summed E-state index contributed by atoms with van der Waals surface area (Å²) in [4.78, 5) is 27.4. The van der Waals surface area contributed by atoms with Crippen LogP contribution in [0.3, 0.4) is 0 Å². The summed E-state index contributed by atoms with van der Waals surface area (Å²) in [5.74, 6) is -0.195. The van der Waals surface area contributed by atoms with Crippen molar-refractivity contribution in [3.05, 3.63) is 139 Å². The Bertz CT molecular complexity index is 1730. The number of benzene rings is 4. The maximum Gasteiger partial charge on any atom is 0.269 e. The molecule has 7 nitrogen and oxygen atoms in total. The molecule has 0 aliphatic carbocycles. The third kappa shape index (κ3) is 5.10. The van der Waals surface area contributed by atoms with Gasteiger partial charge in [-0.25, -0.2) is 5.01 Å². The molecule has 2 aliphatic heterocycles. The van der Waals surface area contributed by atoms with E-state index in [0.717, 1.165) is 11.1 Å². The molecular formula is C30H20Cl2N4O3S2. The van der Waals surface area contributed by atoms with E-state index < -0.39 is 9.25 Å². The molecule has 0 N–H and O–H groups in total. The van der Waals surface area contributed by atoms with Gasteiger partial charge in [-0.2, -0.15) is 5.10 Å².